The molecule has 0 spiro atoms. The average molecular weight is 599 g/mol. The molecule has 0 saturated carbocycles. The number of aromatic nitrogens is 1. The molecule has 8 heteroatoms. The summed E-state index contributed by atoms with van der Waals surface area (Å²) >= 11 is 0. The fraction of sp³-hybridized carbons (Fsp3) is 0.222. The van der Waals surface area contributed by atoms with Gasteiger partial charge in [-0.05, 0) is 71.3 Å². The number of carboxylic acids is 1. The van der Waals surface area contributed by atoms with Gasteiger partial charge in [0, 0.05) is 28.7 Å². The minimum atomic E-state index is -4.69. The largest absolute Gasteiger partial charge is 0.478 e. The summed E-state index contributed by atoms with van der Waals surface area (Å²) in [6.45, 7) is 8.05. The van der Waals surface area contributed by atoms with Crippen molar-refractivity contribution in [3.8, 4) is 11.1 Å². The van der Waals surface area contributed by atoms with E-state index >= 15 is 0 Å². The normalized spacial score (nSPS) is 12.5. The van der Waals surface area contributed by atoms with Gasteiger partial charge in [0.05, 0.1) is 5.56 Å². The van der Waals surface area contributed by atoms with Gasteiger partial charge in [-0.3, -0.25) is 4.79 Å². The topological polar surface area (TPSA) is 71.3 Å². The predicted octanol–water partition coefficient (Wildman–Crippen LogP) is 8.83. The number of carboxylic acid groups (broad SMARTS) is 1. The maximum Gasteiger partial charge on any atom is 0.412 e. The van der Waals surface area contributed by atoms with E-state index in [1.54, 1.807) is 48.5 Å². The van der Waals surface area contributed by atoms with Crippen molar-refractivity contribution in [2.45, 2.75) is 52.4 Å². The van der Waals surface area contributed by atoms with Gasteiger partial charge in [0.1, 0.15) is 0 Å². The standard InChI is InChI=1S/C36H33F3N2O3/c1-21(2)26-9-7-10-27(19-26)33(36(37,38)39)40-34(42)30-13-8-14-31-32(30)22(3)23(4)41(31)20-24-15-17-25(18-16-24)28-11-5-6-12-29(28)35(43)44/h5-19,21,33H,20H2,1-4H3,(H,40,42)(H,43,44)/t33-/m1/s1. The number of hydrogen-bond acceptors (Lipinski definition) is 2. The maximum atomic E-state index is 14.3. The lowest BCUT2D eigenvalue weighted by atomic mass is 9.97. The van der Waals surface area contributed by atoms with Crippen molar-refractivity contribution >= 4 is 22.8 Å². The van der Waals surface area contributed by atoms with E-state index in [0.717, 1.165) is 33.5 Å². The molecule has 0 bridgehead atoms. The van der Waals surface area contributed by atoms with Crippen LogP contribution >= 0.6 is 0 Å². The third-order valence-corrected chi connectivity index (χ3v) is 8.18. The van der Waals surface area contributed by atoms with Gasteiger partial charge in [-0.15, -0.1) is 0 Å². The number of nitrogens with zero attached hydrogens (tertiary/aromatic N) is 1. The summed E-state index contributed by atoms with van der Waals surface area (Å²) in [4.78, 5) is 25.2. The van der Waals surface area contributed by atoms with Crippen molar-refractivity contribution in [2.24, 2.45) is 0 Å². The zero-order chi connectivity index (χ0) is 31.8. The number of nitrogens with one attached hydrogen (secondary N) is 1. The SMILES string of the molecule is Cc1c(C)n(Cc2ccc(-c3ccccc3C(=O)O)cc2)c2cccc(C(=O)N[C@H](c3cccc(C(C)C)c3)C(F)(F)F)c12. The Balaban J connectivity index is 1.47. The van der Waals surface area contributed by atoms with Crippen molar-refractivity contribution in [3.05, 3.63) is 130 Å². The van der Waals surface area contributed by atoms with E-state index in [2.05, 4.69) is 5.32 Å². The van der Waals surface area contributed by atoms with Crippen LogP contribution in [0.15, 0.2) is 91.0 Å². The number of aromatic carboxylic acids is 1. The molecule has 1 atom stereocenters. The monoisotopic (exact) mass is 598 g/mol. The van der Waals surface area contributed by atoms with Crippen LogP contribution in [0, 0.1) is 13.8 Å². The number of alkyl halides is 3. The highest BCUT2D eigenvalue weighted by Gasteiger charge is 2.42. The van der Waals surface area contributed by atoms with Gasteiger partial charge in [0.2, 0.25) is 0 Å². The summed E-state index contributed by atoms with van der Waals surface area (Å²) in [7, 11) is 0. The Morgan fingerprint density at radius 3 is 2.14 bits per heavy atom. The molecule has 5 nitrogen and oxygen atoms in total. The third kappa shape index (κ3) is 5.97. The van der Waals surface area contributed by atoms with Crippen LogP contribution in [-0.4, -0.2) is 27.7 Å². The Morgan fingerprint density at radius 2 is 1.48 bits per heavy atom. The second kappa shape index (κ2) is 12.0. The Morgan fingerprint density at radius 1 is 0.841 bits per heavy atom. The van der Waals surface area contributed by atoms with Crippen molar-refractivity contribution in [3.63, 3.8) is 0 Å². The quantitative estimate of drug-likeness (QED) is 0.188. The van der Waals surface area contributed by atoms with Gasteiger partial charge in [-0.1, -0.05) is 86.6 Å². The maximum absolute atomic E-state index is 14.3. The van der Waals surface area contributed by atoms with E-state index in [-0.39, 0.29) is 22.6 Å². The second-order valence-corrected chi connectivity index (χ2v) is 11.3. The Bertz CT molecular complexity index is 1850. The molecule has 0 aliphatic rings. The smallest absolute Gasteiger partial charge is 0.412 e. The van der Waals surface area contributed by atoms with Gasteiger partial charge in [-0.2, -0.15) is 13.2 Å². The summed E-state index contributed by atoms with van der Waals surface area (Å²) in [6.07, 6.45) is -4.69. The van der Waals surface area contributed by atoms with Crippen LogP contribution in [-0.2, 0) is 6.54 Å². The van der Waals surface area contributed by atoms with Crippen LogP contribution < -0.4 is 5.32 Å². The van der Waals surface area contributed by atoms with Crippen LogP contribution in [0.2, 0.25) is 0 Å². The summed E-state index contributed by atoms with van der Waals surface area (Å²) in [5, 5.41) is 12.4. The lowest BCUT2D eigenvalue weighted by Crippen LogP contribution is -2.38. The lowest BCUT2D eigenvalue weighted by Gasteiger charge is -2.23. The number of carbonyl (C=O) groups excluding carboxylic acids is 1. The molecule has 1 amide bonds. The molecule has 0 aliphatic carbocycles. The molecule has 0 fully saturated rings. The van der Waals surface area contributed by atoms with Crippen LogP contribution in [0.1, 0.15) is 74.5 Å². The molecule has 0 radical (unpaired) electrons. The summed E-state index contributed by atoms with van der Waals surface area (Å²) in [6, 6.07) is 23.6. The van der Waals surface area contributed by atoms with Crippen molar-refractivity contribution in [1.29, 1.82) is 0 Å². The van der Waals surface area contributed by atoms with Crippen LogP contribution in [0.5, 0.6) is 0 Å². The van der Waals surface area contributed by atoms with E-state index in [1.807, 2.05) is 62.6 Å². The van der Waals surface area contributed by atoms with Crippen molar-refractivity contribution < 1.29 is 27.9 Å². The summed E-state index contributed by atoms with van der Waals surface area (Å²) in [5.41, 5.74) is 5.91. The van der Waals surface area contributed by atoms with E-state index in [4.69, 9.17) is 0 Å². The van der Waals surface area contributed by atoms with Gasteiger partial charge >= 0.3 is 12.1 Å². The number of benzene rings is 4. The van der Waals surface area contributed by atoms with E-state index in [9.17, 15) is 27.9 Å². The highest BCUT2D eigenvalue weighted by molar-refractivity contribution is 6.08. The summed E-state index contributed by atoms with van der Waals surface area (Å²) < 4.78 is 44.8. The Kier molecular flexibility index (Phi) is 8.37. The first-order valence-corrected chi connectivity index (χ1v) is 14.3. The van der Waals surface area contributed by atoms with Crippen LogP contribution in [0.25, 0.3) is 22.0 Å². The molecule has 5 aromatic rings. The molecule has 0 aliphatic heterocycles. The molecular formula is C36H33F3N2O3. The average Bonchev–Trinajstić information content (AvgIpc) is 3.24. The van der Waals surface area contributed by atoms with E-state index in [1.165, 1.54) is 12.1 Å². The first-order valence-electron chi connectivity index (χ1n) is 14.3. The van der Waals surface area contributed by atoms with E-state index < -0.39 is 24.1 Å². The highest BCUT2D eigenvalue weighted by atomic mass is 19.4. The van der Waals surface area contributed by atoms with Gasteiger partial charge in [0.15, 0.2) is 6.04 Å². The second-order valence-electron chi connectivity index (χ2n) is 11.3. The first kappa shape index (κ1) is 30.6. The van der Waals surface area contributed by atoms with Gasteiger partial charge in [0.25, 0.3) is 5.91 Å². The van der Waals surface area contributed by atoms with Crippen molar-refractivity contribution in [2.75, 3.05) is 0 Å². The van der Waals surface area contributed by atoms with Crippen molar-refractivity contribution in [1.82, 2.24) is 9.88 Å². The minimum Gasteiger partial charge on any atom is -0.478 e. The fourth-order valence-electron chi connectivity index (χ4n) is 5.67. The van der Waals surface area contributed by atoms with Crippen LogP contribution in [0.4, 0.5) is 13.2 Å². The van der Waals surface area contributed by atoms with Gasteiger partial charge < -0.3 is 15.0 Å². The first-order chi connectivity index (χ1) is 20.9. The minimum absolute atomic E-state index is 0.0101. The number of hydrogen-bond donors (Lipinski definition) is 2. The lowest BCUT2D eigenvalue weighted by molar-refractivity contribution is -0.155. The number of halogens is 3. The fourth-order valence-corrected chi connectivity index (χ4v) is 5.67. The zero-order valence-electron chi connectivity index (χ0n) is 24.9. The summed E-state index contributed by atoms with van der Waals surface area (Å²) in [5.74, 6) is -1.76. The Hall–Kier alpha value is -4.85. The molecule has 0 unspecified atom stereocenters. The van der Waals surface area contributed by atoms with Crippen LogP contribution in [0.3, 0.4) is 0 Å². The molecule has 4 aromatic carbocycles. The highest BCUT2D eigenvalue weighted by Crippen LogP contribution is 2.36. The third-order valence-electron chi connectivity index (χ3n) is 8.18. The zero-order valence-corrected chi connectivity index (χ0v) is 24.9. The van der Waals surface area contributed by atoms with E-state index in [0.29, 0.717) is 17.5 Å². The number of fused-ring (bicyclic) bond motifs is 1. The predicted molar refractivity (Wildman–Crippen MR) is 166 cm³/mol. The Labute approximate surface area is 254 Å². The molecule has 0 saturated heterocycles. The molecule has 2 N–H and O–H groups in total. The number of carbonyl (C=O) groups is 2. The number of aryl methyl sites for hydroxylation is 1. The molecule has 44 heavy (non-hydrogen) atoms. The molecule has 5 rings (SSSR count). The molecule has 226 valence electrons. The number of rotatable bonds is 8. The van der Waals surface area contributed by atoms with Gasteiger partial charge in [-0.25, -0.2) is 4.79 Å². The molecule has 1 heterocycles. The number of amides is 1. The molecular weight excluding hydrogens is 565 g/mol. The molecule has 1 aromatic heterocycles.